The quantitative estimate of drug-likeness (QED) is 0.814. The second-order valence-corrected chi connectivity index (χ2v) is 6.57. The molecule has 0 aromatic rings. The fourth-order valence-corrected chi connectivity index (χ4v) is 3.95. The Morgan fingerprint density at radius 2 is 2.00 bits per heavy atom. The van der Waals surface area contributed by atoms with E-state index >= 15 is 0 Å². The van der Waals surface area contributed by atoms with E-state index in [1.165, 1.54) is 12.8 Å². The normalized spacial score (nSPS) is 37.0. The van der Waals surface area contributed by atoms with E-state index in [1.807, 2.05) is 0 Å². The van der Waals surface area contributed by atoms with Gasteiger partial charge in [-0.1, -0.05) is 12.8 Å². The van der Waals surface area contributed by atoms with E-state index in [1.54, 1.807) is 0 Å². The number of carbonyl (C=O) groups excluding carboxylic acids is 1. The topological polar surface area (TPSA) is 58.6 Å². The first-order valence-electron chi connectivity index (χ1n) is 7.74. The molecule has 3 atom stereocenters. The van der Waals surface area contributed by atoms with Gasteiger partial charge < -0.3 is 15.2 Å². The SMILES string of the molecule is O=C(NC1CCCCC1CO)C1CC12CCOCC2. The van der Waals surface area contributed by atoms with Gasteiger partial charge in [-0.05, 0) is 37.5 Å². The average molecular weight is 267 g/mol. The lowest BCUT2D eigenvalue weighted by atomic mass is 9.84. The number of nitrogens with one attached hydrogen (secondary N) is 1. The van der Waals surface area contributed by atoms with Crippen LogP contribution in [0.5, 0.6) is 0 Å². The van der Waals surface area contributed by atoms with Crippen molar-refractivity contribution < 1.29 is 14.6 Å². The zero-order chi connectivity index (χ0) is 13.3. The van der Waals surface area contributed by atoms with Crippen molar-refractivity contribution in [1.29, 1.82) is 0 Å². The van der Waals surface area contributed by atoms with Gasteiger partial charge in [0, 0.05) is 37.7 Å². The lowest BCUT2D eigenvalue weighted by Gasteiger charge is -2.31. The number of hydrogen-bond acceptors (Lipinski definition) is 3. The number of carbonyl (C=O) groups is 1. The summed E-state index contributed by atoms with van der Waals surface area (Å²) >= 11 is 0. The predicted molar refractivity (Wildman–Crippen MR) is 71.6 cm³/mol. The van der Waals surface area contributed by atoms with E-state index in [0.717, 1.165) is 45.3 Å². The van der Waals surface area contributed by atoms with E-state index in [9.17, 15) is 9.90 Å². The van der Waals surface area contributed by atoms with Crippen LogP contribution >= 0.6 is 0 Å². The Hall–Kier alpha value is -0.610. The van der Waals surface area contributed by atoms with E-state index in [-0.39, 0.29) is 35.8 Å². The molecule has 3 rings (SSSR count). The molecule has 3 aliphatic rings. The van der Waals surface area contributed by atoms with E-state index in [0.29, 0.717) is 0 Å². The third kappa shape index (κ3) is 2.65. The van der Waals surface area contributed by atoms with Gasteiger partial charge in [0.2, 0.25) is 5.91 Å². The van der Waals surface area contributed by atoms with E-state index < -0.39 is 0 Å². The molecular formula is C15H25NO3. The summed E-state index contributed by atoms with van der Waals surface area (Å²) in [5.74, 6) is 0.701. The Balaban J connectivity index is 1.54. The van der Waals surface area contributed by atoms with Crippen LogP contribution in [0.4, 0.5) is 0 Å². The molecule has 0 aromatic carbocycles. The van der Waals surface area contributed by atoms with Crippen LogP contribution < -0.4 is 5.32 Å². The molecule has 0 aromatic heterocycles. The largest absolute Gasteiger partial charge is 0.396 e. The van der Waals surface area contributed by atoms with Gasteiger partial charge in [-0.15, -0.1) is 0 Å². The molecule has 1 spiro atoms. The van der Waals surface area contributed by atoms with Crippen LogP contribution in [-0.4, -0.2) is 36.9 Å². The Kier molecular flexibility index (Phi) is 3.81. The van der Waals surface area contributed by atoms with Gasteiger partial charge in [-0.3, -0.25) is 4.79 Å². The second-order valence-electron chi connectivity index (χ2n) is 6.57. The number of hydrogen-bond donors (Lipinski definition) is 2. The molecule has 0 radical (unpaired) electrons. The summed E-state index contributed by atoms with van der Waals surface area (Å²) in [7, 11) is 0. The van der Waals surface area contributed by atoms with Crippen molar-refractivity contribution in [2.45, 2.75) is 51.0 Å². The molecular weight excluding hydrogens is 242 g/mol. The van der Waals surface area contributed by atoms with Crippen molar-refractivity contribution in [1.82, 2.24) is 5.32 Å². The Labute approximate surface area is 114 Å². The monoisotopic (exact) mass is 267 g/mol. The zero-order valence-electron chi connectivity index (χ0n) is 11.6. The lowest BCUT2D eigenvalue weighted by molar-refractivity contribution is -0.125. The summed E-state index contributed by atoms with van der Waals surface area (Å²) in [6.45, 7) is 1.83. The standard InChI is InChI=1S/C15H25NO3/c17-10-11-3-1-2-4-13(11)16-14(18)12-9-15(12)5-7-19-8-6-15/h11-13,17H,1-10H2,(H,16,18). The van der Waals surface area contributed by atoms with Gasteiger partial charge >= 0.3 is 0 Å². The molecule has 3 fully saturated rings. The first kappa shape index (κ1) is 13.4. The van der Waals surface area contributed by atoms with Gasteiger partial charge in [0.25, 0.3) is 0 Å². The average Bonchev–Trinajstić information content (AvgIpc) is 3.14. The van der Waals surface area contributed by atoms with Gasteiger partial charge in [-0.25, -0.2) is 0 Å². The minimum atomic E-state index is 0.198. The molecule has 2 aliphatic carbocycles. The number of ether oxygens (including phenoxy) is 1. The number of aliphatic hydroxyl groups is 1. The number of rotatable bonds is 3. The second kappa shape index (κ2) is 5.41. The van der Waals surface area contributed by atoms with Crippen molar-refractivity contribution in [3.8, 4) is 0 Å². The van der Waals surface area contributed by atoms with Crippen molar-refractivity contribution >= 4 is 5.91 Å². The molecule has 1 saturated heterocycles. The summed E-state index contributed by atoms with van der Waals surface area (Å²) in [6, 6.07) is 0.198. The minimum absolute atomic E-state index is 0.198. The Morgan fingerprint density at radius 3 is 2.74 bits per heavy atom. The summed E-state index contributed by atoms with van der Waals surface area (Å²) < 4.78 is 5.39. The first-order chi connectivity index (χ1) is 9.25. The highest BCUT2D eigenvalue weighted by Crippen LogP contribution is 2.59. The molecule has 1 heterocycles. The summed E-state index contributed by atoms with van der Waals surface area (Å²) in [6.07, 6.45) is 7.55. The Bertz CT molecular complexity index is 338. The molecule has 4 heteroatoms. The molecule has 2 N–H and O–H groups in total. The number of amides is 1. The van der Waals surface area contributed by atoms with Gasteiger partial charge in [-0.2, -0.15) is 0 Å². The molecule has 1 amide bonds. The predicted octanol–water partition coefficient (Wildman–Crippen LogP) is 1.47. The molecule has 4 nitrogen and oxygen atoms in total. The van der Waals surface area contributed by atoms with Crippen molar-refractivity contribution in [2.75, 3.05) is 19.8 Å². The fourth-order valence-electron chi connectivity index (χ4n) is 3.95. The maximum Gasteiger partial charge on any atom is 0.223 e. The van der Waals surface area contributed by atoms with Crippen LogP contribution in [0.25, 0.3) is 0 Å². The number of aliphatic hydroxyl groups excluding tert-OH is 1. The van der Waals surface area contributed by atoms with Crippen LogP contribution in [-0.2, 0) is 9.53 Å². The van der Waals surface area contributed by atoms with Crippen molar-refractivity contribution in [3.63, 3.8) is 0 Å². The maximum atomic E-state index is 12.4. The molecule has 0 bridgehead atoms. The summed E-state index contributed by atoms with van der Waals surface area (Å²) in [5, 5.41) is 12.6. The molecule has 19 heavy (non-hydrogen) atoms. The first-order valence-corrected chi connectivity index (χ1v) is 7.74. The van der Waals surface area contributed by atoms with Gasteiger partial charge in [0.05, 0.1) is 0 Å². The van der Waals surface area contributed by atoms with Crippen LogP contribution in [0, 0.1) is 17.3 Å². The van der Waals surface area contributed by atoms with Crippen LogP contribution in [0.1, 0.15) is 44.9 Å². The lowest BCUT2D eigenvalue weighted by Crippen LogP contribution is -2.44. The van der Waals surface area contributed by atoms with E-state index in [4.69, 9.17) is 4.74 Å². The third-order valence-corrected chi connectivity index (χ3v) is 5.47. The van der Waals surface area contributed by atoms with Crippen LogP contribution in [0.3, 0.4) is 0 Å². The minimum Gasteiger partial charge on any atom is -0.396 e. The Morgan fingerprint density at radius 1 is 1.26 bits per heavy atom. The van der Waals surface area contributed by atoms with Crippen LogP contribution in [0.2, 0.25) is 0 Å². The molecule has 3 unspecified atom stereocenters. The van der Waals surface area contributed by atoms with Crippen molar-refractivity contribution in [2.24, 2.45) is 17.3 Å². The fraction of sp³-hybridized carbons (Fsp3) is 0.933. The highest BCUT2D eigenvalue weighted by Gasteiger charge is 2.58. The smallest absolute Gasteiger partial charge is 0.223 e. The van der Waals surface area contributed by atoms with Crippen molar-refractivity contribution in [3.05, 3.63) is 0 Å². The van der Waals surface area contributed by atoms with Crippen LogP contribution in [0.15, 0.2) is 0 Å². The molecule has 108 valence electrons. The summed E-state index contributed by atoms with van der Waals surface area (Å²) in [4.78, 5) is 12.4. The summed E-state index contributed by atoms with van der Waals surface area (Å²) in [5.41, 5.74) is 0.256. The highest BCUT2D eigenvalue weighted by molar-refractivity contribution is 5.82. The third-order valence-electron chi connectivity index (χ3n) is 5.47. The van der Waals surface area contributed by atoms with Gasteiger partial charge in [0.15, 0.2) is 0 Å². The van der Waals surface area contributed by atoms with Gasteiger partial charge in [0.1, 0.15) is 0 Å². The zero-order valence-corrected chi connectivity index (χ0v) is 11.6. The molecule has 1 aliphatic heterocycles. The molecule has 2 saturated carbocycles. The van der Waals surface area contributed by atoms with E-state index in [2.05, 4.69) is 5.32 Å². The highest BCUT2D eigenvalue weighted by atomic mass is 16.5. The maximum absolute atomic E-state index is 12.4.